The molecule has 8 heteroatoms. The molecule has 2 aromatic carbocycles. The molecular formula is C23H24N4O2S2. The number of rotatable bonds is 7. The van der Waals surface area contributed by atoms with Crippen LogP contribution in [-0.2, 0) is 9.53 Å². The zero-order valence-electron chi connectivity index (χ0n) is 17.3. The second kappa shape index (κ2) is 10.7. The van der Waals surface area contributed by atoms with E-state index in [2.05, 4.69) is 51.4 Å². The lowest BCUT2D eigenvalue weighted by Gasteiger charge is -2.28. The predicted molar refractivity (Wildman–Crippen MR) is 126 cm³/mol. The van der Waals surface area contributed by atoms with Crippen molar-refractivity contribution in [2.75, 3.05) is 42.3 Å². The maximum atomic E-state index is 12.5. The van der Waals surface area contributed by atoms with Gasteiger partial charge in [0, 0.05) is 41.8 Å². The van der Waals surface area contributed by atoms with E-state index < -0.39 is 0 Å². The van der Waals surface area contributed by atoms with Gasteiger partial charge >= 0.3 is 0 Å². The van der Waals surface area contributed by atoms with Crippen molar-refractivity contribution >= 4 is 40.8 Å². The summed E-state index contributed by atoms with van der Waals surface area (Å²) < 4.78 is 5.40. The van der Waals surface area contributed by atoms with Gasteiger partial charge in [-0.1, -0.05) is 41.2 Å². The van der Waals surface area contributed by atoms with Gasteiger partial charge in [-0.15, -0.1) is 0 Å². The molecule has 0 atom stereocenters. The third-order valence-electron chi connectivity index (χ3n) is 4.74. The number of nitrogens with zero attached hydrogens (tertiary/aromatic N) is 3. The van der Waals surface area contributed by atoms with Crippen molar-refractivity contribution in [2.24, 2.45) is 0 Å². The summed E-state index contributed by atoms with van der Waals surface area (Å²) in [6.07, 6.45) is 3.33. The standard InChI is InChI=1S/C23H24N4O2S2/c1-17-2-8-20(9-3-17)31-23-22(24-10-11-25-23)30-16-21(28)26-18-4-6-19(7-5-18)27-12-14-29-15-13-27/h2-11H,12-16H2,1H3,(H,26,28). The number of aromatic nitrogens is 2. The average Bonchev–Trinajstić information content (AvgIpc) is 2.81. The van der Waals surface area contributed by atoms with Gasteiger partial charge in [-0.25, -0.2) is 9.97 Å². The van der Waals surface area contributed by atoms with Crippen molar-refractivity contribution in [2.45, 2.75) is 21.9 Å². The van der Waals surface area contributed by atoms with Crippen LogP contribution in [0.15, 0.2) is 75.9 Å². The number of aryl methyl sites for hydroxylation is 1. The van der Waals surface area contributed by atoms with Crippen LogP contribution in [0, 0.1) is 6.92 Å². The fraction of sp³-hybridized carbons (Fsp3) is 0.261. The third-order valence-corrected chi connectivity index (χ3v) is 6.84. The van der Waals surface area contributed by atoms with Gasteiger partial charge in [0.2, 0.25) is 5.91 Å². The van der Waals surface area contributed by atoms with Gasteiger partial charge in [0.05, 0.1) is 19.0 Å². The average molecular weight is 453 g/mol. The molecule has 1 aliphatic rings. The number of hydrogen-bond donors (Lipinski definition) is 1. The number of hydrogen-bond acceptors (Lipinski definition) is 7. The molecule has 3 aromatic rings. The molecule has 0 aliphatic carbocycles. The molecule has 0 unspecified atom stereocenters. The molecule has 0 radical (unpaired) electrons. The Morgan fingerprint density at radius 1 is 1.00 bits per heavy atom. The minimum Gasteiger partial charge on any atom is -0.378 e. The van der Waals surface area contributed by atoms with Crippen molar-refractivity contribution in [1.29, 1.82) is 0 Å². The smallest absolute Gasteiger partial charge is 0.234 e. The first kappa shape index (κ1) is 21.7. The Morgan fingerprint density at radius 3 is 2.39 bits per heavy atom. The summed E-state index contributed by atoms with van der Waals surface area (Å²) in [4.78, 5) is 24.7. The molecule has 0 spiro atoms. The van der Waals surface area contributed by atoms with Crippen LogP contribution in [-0.4, -0.2) is 47.9 Å². The minimum atomic E-state index is -0.0685. The van der Waals surface area contributed by atoms with E-state index in [0.29, 0.717) is 0 Å². The summed E-state index contributed by atoms with van der Waals surface area (Å²) in [7, 11) is 0. The normalized spacial score (nSPS) is 13.8. The Bertz CT molecular complexity index is 1010. The van der Waals surface area contributed by atoms with E-state index >= 15 is 0 Å². The molecular weight excluding hydrogens is 428 g/mol. The summed E-state index contributed by atoms with van der Waals surface area (Å²) >= 11 is 2.95. The van der Waals surface area contributed by atoms with E-state index in [9.17, 15) is 4.79 Å². The van der Waals surface area contributed by atoms with E-state index in [1.54, 1.807) is 24.2 Å². The number of carbonyl (C=O) groups excluding carboxylic acids is 1. The minimum absolute atomic E-state index is 0.0685. The van der Waals surface area contributed by atoms with Crippen molar-refractivity contribution in [3.05, 3.63) is 66.5 Å². The number of anilines is 2. The van der Waals surface area contributed by atoms with Crippen LogP contribution in [0.3, 0.4) is 0 Å². The number of nitrogens with one attached hydrogen (secondary N) is 1. The van der Waals surface area contributed by atoms with Crippen LogP contribution in [0.1, 0.15) is 5.56 Å². The topological polar surface area (TPSA) is 67.4 Å². The van der Waals surface area contributed by atoms with Crippen molar-refractivity contribution < 1.29 is 9.53 Å². The van der Waals surface area contributed by atoms with Crippen LogP contribution < -0.4 is 10.2 Å². The number of amides is 1. The number of thioether (sulfide) groups is 1. The van der Waals surface area contributed by atoms with Crippen LogP contribution in [0.2, 0.25) is 0 Å². The lowest BCUT2D eigenvalue weighted by molar-refractivity contribution is -0.113. The molecule has 0 saturated carbocycles. The van der Waals surface area contributed by atoms with Crippen LogP contribution in [0.25, 0.3) is 0 Å². The summed E-state index contributed by atoms with van der Waals surface area (Å²) in [5.74, 6) is 0.201. The van der Waals surface area contributed by atoms with E-state index in [1.807, 2.05) is 24.3 Å². The van der Waals surface area contributed by atoms with Crippen molar-refractivity contribution in [1.82, 2.24) is 9.97 Å². The molecule has 0 bridgehead atoms. The third kappa shape index (κ3) is 6.22. The molecule has 2 heterocycles. The quantitative estimate of drug-likeness (QED) is 0.529. The predicted octanol–water partition coefficient (Wildman–Crippen LogP) is 4.50. The highest BCUT2D eigenvalue weighted by Crippen LogP contribution is 2.32. The van der Waals surface area contributed by atoms with Gasteiger partial charge in [-0.2, -0.15) is 0 Å². The van der Waals surface area contributed by atoms with E-state index in [1.165, 1.54) is 17.3 Å². The number of carbonyl (C=O) groups is 1. The maximum Gasteiger partial charge on any atom is 0.234 e. The first-order valence-corrected chi connectivity index (χ1v) is 11.9. The second-order valence-corrected chi connectivity index (χ2v) is 9.09. The summed E-state index contributed by atoms with van der Waals surface area (Å²) in [6, 6.07) is 16.2. The zero-order chi connectivity index (χ0) is 21.5. The SMILES string of the molecule is Cc1ccc(Sc2nccnc2SCC(=O)Nc2ccc(N3CCOCC3)cc2)cc1. The van der Waals surface area contributed by atoms with Crippen molar-refractivity contribution in [3.8, 4) is 0 Å². The Hall–Kier alpha value is -2.55. The lowest BCUT2D eigenvalue weighted by atomic mass is 10.2. The molecule has 1 fully saturated rings. The largest absolute Gasteiger partial charge is 0.378 e. The van der Waals surface area contributed by atoms with E-state index in [0.717, 1.165) is 52.6 Å². The lowest BCUT2D eigenvalue weighted by Crippen LogP contribution is -2.36. The van der Waals surface area contributed by atoms with Gasteiger partial charge in [0.1, 0.15) is 10.1 Å². The van der Waals surface area contributed by atoms with Crippen LogP contribution in [0.4, 0.5) is 11.4 Å². The van der Waals surface area contributed by atoms with E-state index in [-0.39, 0.29) is 11.7 Å². The van der Waals surface area contributed by atoms with Gasteiger partial charge in [0.25, 0.3) is 0 Å². The Morgan fingerprint density at radius 2 is 1.68 bits per heavy atom. The molecule has 6 nitrogen and oxygen atoms in total. The highest BCUT2D eigenvalue weighted by molar-refractivity contribution is 8.02. The fourth-order valence-corrected chi connectivity index (χ4v) is 4.81. The fourth-order valence-electron chi connectivity index (χ4n) is 3.11. The molecule has 1 saturated heterocycles. The molecule has 1 aromatic heterocycles. The van der Waals surface area contributed by atoms with Gasteiger partial charge in [-0.05, 0) is 43.3 Å². The maximum absolute atomic E-state index is 12.5. The van der Waals surface area contributed by atoms with Gasteiger partial charge in [-0.3, -0.25) is 4.79 Å². The number of morpholine rings is 1. The molecule has 4 rings (SSSR count). The first-order valence-electron chi connectivity index (χ1n) is 10.1. The van der Waals surface area contributed by atoms with Crippen LogP contribution in [0.5, 0.6) is 0 Å². The summed E-state index contributed by atoms with van der Waals surface area (Å²) in [6.45, 7) is 5.35. The number of ether oxygens (including phenoxy) is 1. The van der Waals surface area contributed by atoms with Crippen molar-refractivity contribution in [3.63, 3.8) is 0 Å². The first-order chi connectivity index (χ1) is 15.2. The second-order valence-electron chi connectivity index (χ2n) is 7.06. The summed E-state index contributed by atoms with van der Waals surface area (Å²) in [5, 5.41) is 4.52. The molecule has 31 heavy (non-hydrogen) atoms. The highest BCUT2D eigenvalue weighted by Gasteiger charge is 2.13. The molecule has 1 aliphatic heterocycles. The summed E-state index contributed by atoms with van der Waals surface area (Å²) in [5.41, 5.74) is 3.15. The molecule has 160 valence electrons. The zero-order valence-corrected chi connectivity index (χ0v) is 18.9. The highest BCUT2D eigenvalue weighted by atomic mass is 32.2. The van der Waals surface area contributed by atoms with Gasteiger partial charge < -0.3 is 15.0 Å². The molecule has 1 amide bonds. The monoisotopic (exact) mass is 452 g/mol. The number of benzene rings is 2. The Balaban J connectivity index is 1.32. The molecule has 1 N–H and O–H groups in total. The Labute approximate surface area is 190 Å². The van der Waals surface area contributed by atoms with Gasteiger partial charge in [0.15, 0.2) is 0 Å². The van der Waals surface area contributed by atoms with Crippen LogP contribution >= 0.6 is 23.5 Å². The van der Waals surface area contributed by atoms with E-state index in [4.69, 9.17) is 4.74 Å². The Kier molecular flexibility index (Phi) is 7.45.